The minimum Gasteiger partial charge on any atom is -0.326 e. The molecule has 2 unspecified atom stereocenters. The first kappa shape index (κ1) is 8.66. The molecule has 2 rings (SSSR count). The molecule has 70 valence electrons. The van der Waals surface area contributed by atoms with Crippen molar-refractivity contribution in [2.75, 3.05) is 13.1 Å². The normalized spacial score (nSPS) is 27.8. The third kappa shape index (κ3) is 1.71. The molecule has 1 aliphatic rings. The molecule has 13 heavy (non-hydrogen) atoms. The molecule has 2 atom stereocenters. The molecular formula is C10H15N3. The van der Waals surface area contributed by atoms with Gasteiger partial charge < -0.3 is 11.1 Å². The van der Waals surface area contributed by atoms with E-state index in [2.05, 4.69) is 22.4 Å². The molecule has 0 spiro atoms. The van der Waals surface area contributed by atoms with E-state index in [-0.39, 0.29) is 6.04 Å². The van der Waals surface area contributed by atoms with Gasteiger partial charge in [0.25, 0.3) is 0 Å². The summed E-state index contributed by atoms with van der Waals surface area (Å²) in [6, 6.07) is 4.38. The Bertz CT molecular complexity index is 281. The summed E-state index contributed by atoms with van der Waals surface area (Å²) in [5.74, 6) is 0.389. The van der Waals surface area contributed by atoms with E-state index in [4.69, 9.17) is 5.73 Å². The summed E-state index contributed by atoms with van der Waals surface area (Å²) in [5, 5.41) is 3.27. The molecule has 0 radical (unpaired) electrons. The average Bonchev–Trinajstić information content (AvgIpc) is 2.53. The minimum atomic E-state index is 0.218. The molecule has 2 heterocycles. The standard InChI is InChI=1S/C10H15N3/c1-7-2-3-10(13-4-7)8-5-12-6-9(8)11/h2-4,8-9,12H,5-6,11H2,1H3. The lowest BCUT2D eigenvalue weighted by atomic mass is 10.00. The SMILES string of the molecule is Cc1ccc(C2CNCC2N)nc1. The molecule has 3 N–H and O–H groups in total. The minimum absolute atomic E-state index is 0.218. The Labute approximate surface area is 78.4 Å². The van der Waals surface area contributed by atoms with Gasteiger partial charge >= 0.3 is 0 Å². The van der Waals surface area contributed by atoms with Gasteiger partial charge in [-0.05, 0) is 18.6 Å². The number of aromatic nitrogens is 1. The summed E-state index contributed by atoms with van der Waals surface area (Å²) < 4.78 is 0. The molecular weight excluding hydrogens is 162 g/mol. The zero-order valence-corrected chi connectivity index (χ0v) is 7.83. The largest absolute Gasteiger partial charge is 0.326 e. The quantitative estimate of drug-likeness (QED) is 0.653. The van der Waals surface area contributed by atoms with Crippen molar-refractivity contribution >= 4 is 0 Å². The van der Waals surface area contributed by atoms with E-state index in [0.717, 1.165) is 18.8 Å². The Morgan fingerprint density at radius 1 is 1.46 bits per heavy atom. The number of nitrogens with two attached hydrogens (primary N) is 1. The van der Waals surface area contributed by atoms with Crippen molar-refractivity contribution in [1.82, 2.24) is 10.3 Å². The fourth-order valence-electron chi connectivity index (χ4n) is 1.72. The van der Waals surface area contributed by atoms with Crippen LogP contribution >= 0.6 is 0 Å². The van der Waals surface area contributed by atoms with Crippen LogP contribution in [0.25, 0.3) is 0 Å². The van der Waals surface area contributed by atoms with Gasteiger partial charge in [-0.2, -0.15) is 0 Å². The molecule has 1 aliphatic heterocycles. The Morgan fingerprint density at radius 3 is 2.85 bits per heavy atom. The molecule has 3 heteroatoms. The zero-order chi connectivity index (χ0) is 9.26. The summed E-state index contributed by atoms with van der Waals surface area (Å²) in [6.45, 7) is 3.90. The van der Waals surface area contributed by atoms with Gasteiger partial charge in [-0.1, -0.05) is 6.07 Å². The highest BCUT2D eigenvalue weighted by Gasteiger charge is 2.25. The van der Waals surface area contributed by atoms with Gasteiger partial charge in [0.15, 0.2) is 0 Å². The zero-order valence-electron chi connectivity index (χ0n) is 7.83. The molecule has 0 saturated carbocycles. The topological polar surface area (TPSA) is 50.9 Å². The lowest BCUT2D eigenvalue weighted by Crippen LogP contribution is -2.28. The van der Waals surface area contributed by atoms with Gasteiger partial charge in [0.05, 0.1) is 0 Å². The number of rotatable bonds is 1. The van der Waals surface area contributed by atoms with Gasteiger partial charge in [-0.3, -0.25) is 4.98 Å². The van der Waals surface area contributed by atoms with Gasteiger partial charge in [-0.15, -0.1) is 0 Å². The van der Waals surface area contributed by atoms with Crippen molar-refractivity contribution in [3.63, 3.8) is 0 Å². The highest BCUT2D eigenvalue weighted by Crippen LogP contribution is 2.19. The summed E-state index contributed by atoms with van der Waals surface area (Å²) in [6.07, 6.45) is 1.90. The highest BCUT2D eigenvalue weighted by atomic mass is 15.0. The maximum absolute atomic E-state index is 5.95. The second kappa shape index (κ2) is 3.44. The van der Waals surface area contributed by atoms with Crippen molar-refractivity contribution in [1.29, 1.82) is 0 Å². The summed E-state index contributed by atoms with van der Waals surface area (Å²) in [4.78, 5) is 4.39. The van der Waals surface area contributed by atoms with Crippen LogP contribution in [0.5, 0.6) is 0 Å². The van der Waals surface area contributed by atoms with Crippen molar-refractivity contribution in [3.05, 3.63) is 29.6 Å². The first-order valence-corrected chi connectivity index (χ1v) is 4.66. The van der Waals surface area contributed by atoms with Gasteiger partial charge in [-0.25, -0.2) is 0 Å². The fraction of sp³-hybridized carbons (Fsp3) is 0.500. The number of hydrogen-bond acceptors (Lipinski definition) is 3. The lowest BCUT2D eigenvalue weighted by molar-refractivity contribution is 0.636. The summed E-state index contributed by atoms with van der Waals surface area (Å²) in [7, 11) is 0. The van der Waals surface area contributed by atoms with E-state index < -0.39 is 0 Å². The molecule has 1 aromatic rings. The molecule has 3 nitrogen and oxygen atoms in total. The van der Waals surface area contributed by atoms with E-state index in [0.29, 0.717) is 5.92 Å². The van der Waals surface area contributed by atoms with Crippen molar-refractivity contribution < 1.29 is 0 Å². The average molecular weight is 177 g/mol. The Hall–Kier alpha value is -0.930. The van der Waals surface area contributed by atoms with Crippen LogP contribution in [0.4, 0.5) is 0 Å². The molecule has 0 aliphatic carbocycles. The van der Waals surface area contributed by atoms with Crippen molar-refractivity contribution in [2.24, 2.45) is 5.73 Å². The van der Waals surface area contributed by atoms with Crippen LogP contribution in [0, 0.1) is 6.92 Å². The van der Waals surface area contributed by atoms with Crippen LogP contribution in [0.1, 0.15) is 17.2 Å². The highest BCUT2D eigenvalue weighted by molar-refractivity contribution is 5.19. The summed E-state index contributed by atoms with van der Waals surface area (Å²) >= 11 is 0. The van der Waals surface area contributed by atoms with Crippen molar-refractivity contribution in [3.8, 4) is 0 Å². The number of aryl methyl sites for hydroxylation is 1. The van der Waals surface area contributed by atoms with Crippen LogP contribution in [-0.2, 0) is 0 Å². The third-order valence-electron chi connectivity index (χ3n) is 2.58. The van der Waals surface area contributed by atoms with Gasteiger partial charge in [0.2, 0.25) is 0 Å². The van der Waals surface area contributed by atoms with Crippen LogP contribution in [0.3, 0.4) is 0 Å². The maximum Gasteiger partial charge on any atom is 0.0463 e. The number of nitrogens with one attached hydrogen (secondary N) is 1. The van der Waals surface area contributed by atoms with Gasteiger partial charge in [0, 0.05) is 36.9 Å². The first-order chi connectivity index (χ1) is 6.27. The maximum atomic E-state index is 5.95. The van der Waals surface area contributed by atoms with E-state index in [1.165, 1.54) is 5.56 Å². The van der Waals surface area contributed by atoms with E-state index >= 15 is 0 Å². The predicted octanol–water partition coefficient (Wildman–Crippen LogP) is 0.404. The molecule has 0 aromatic carbocycles. The van der Waals surface area contributed by atoms with E-state index in [9.17, 15) is 0 Å². The Balaban J connectivity index is 2.20. The number of hydrogen-bond donors (Lipinski definition) is 2. The van der Waals surface area contributed by atoms with Crippen LogP contribution in [0.2, 0.25) is 0 Å². The third-order valence-corrected chi connectivity index (χ3v) is 2.58. The monoisotopic (exact) mass is 177 g/mol. The Kier molecular flexibility index (Phi) is 2.29. The van der Waals surface area contributed by atoms with Crippen LogP contribution in [-0.4, -0.2) is 24.1 Å². The fourth-order valence-corrected chi connectivity index (χ4v) is 1.72. The smallest absolute Gasteiger partial charge is 0.0463 e. The lowest BCUT2D eigenvalue weighted by Gasteiger charge is -2.13. The van der Waals surface area contributed by atoms with E-state index in [1.54, 1.807) is 0 Å². The predicted molar refractivity (Wildman–Crippen MR) is 52.6 cm³/mol. The molecule has 0 amide bonds. The molecule has 1 aromatic heterocycles. The second-order valence-electron chi connectivity index (χ2n) is 3.69. The van der Waals surface area contributed by atoms with Gasteiger partial charge in [0.1, 0.15) is 0 Å². The van der Waals surface area contributed by atoms with Crippen LogP contribution < -0.4 is 11.1 Å². The first-order valence-electron chi connectivity index (χ1n) is 4.66. The van der Waals surface area contributed by atoms with Crippen LogP contribution in [0.15, 0.2) is 18.3 Å². The summed E-state index contributed by atoms with van der Waals surface area (Å²) in [5.41, 5.74) is 8.26. The van der Waals surface area contributed by atoms with E-state index in [1.807, 2.05) is 13.1 Å². The molecule has 1 saturated heterocycles. The number of nitrogens with zero attached hydrogens (tertiary/aromatic N) is 1. The number of pyridine rings is 1. The van der Waals surface area contributed by atoms with Crippen molar-refractivity contribution in [2.45, 2.75) is 18.9 Å². The second-order valence-corrected chi connectivity index (χ2v) is 3.69. The Morgan fingerprint density at radius 2 is 2.31 bits per heavy atom. The molecule has 1 fully saturated rings. The molecule has 0 bridgehead atoms.